The normalized spacial score (nSPS) is 11.8. The molecule has 0 unspecified atom stereocenters. The Bertz CT molecular complexity index is 354. The zero-order valence-electron chi connectivity index (χ0n) is 11.4. The van der Waals surface area contributed by atoms with Crippen LogP contribution in [0, 0.1) is 0 Å². The molecule has 1 rings (SSSR count). The minimum atomic E-state index is -0.0230. The zero-order chi connectivity index (χ0) is 13.2. The van der Waals surface area contributed by atoms with Crippen molar-refractivity contribution >= 4 is 36.1 Å². The van der Waals surface area contributed by atoms with E-state index in [2.05, 4.69) is 32.1 Å². The van der Waals surface area contributed by atoms with Gasteiger partial charge in [0.25, 0.3) is 0 Å². The van der Waals surface area contributed by atoms with Crippen molar-refractivity contribution in [2.45, 2.75) is 50.4 Å². The van der Waals surface area contributed by atoms with E-state index in [9.17, 15) is 0 Å². The fraction of sp³-hybridized carbons (Fsp3) is 0.500. The van der Waals surface area contributed by atoms with Gasteiger partial charge in [0, 0.05) is 0 Å². The quantitative estimate of drug-likeness (QED) is 0.397. The molecule has 0 amide bonds. The summed E-state index contributed by atoms with van der Waals surface area (Å²) in [6, 6.07) is 8.38. The van der Waals surface area contributed by atoms with Gasteiger partial charge in [-0.15, -0.1) is 0 Å². The van der Waals surface area contributed by atoms with Crippen molar-refractivity contribution in [3.8, 4) is 0 Å². The fourth-order valence-electron chi connectivity index (χ4n) is 1.64. The Kier molecular flexibility index (Phi) is 8.86. The second-order valence-electron chi connectivity index (χ2n) is 4.42. The van der Waals surface area contributed by atoms with Crippen LogP contribution in [0.5, 0.6) is 0 Å². The molecule has 0 nitrogen and oxygen atoms in total. The first-order chi connectivity index (χ1) is 8.77. The van der Waals surface area contributed by atoms with Crippen LogP contribution in [-0.2, 0) is 0 Å². The molecule has 0 spiro atoms. The molecule has 0 atom stereocenters. The number of hydrogen-bond acceptors (Lipinski definition) is 0. The maximum absolute atomic E-state index is 5.96. The molecule has 2 heteroatoms. The molecule has 0 N–H and O–H groups in total. The van der Waals surface area contributed by atoms with Gasteiger partial charge in [-0.3, -0.25) is 0 Å². The third-order valence-corrected chi connectivity index (χ3v) is 6.47. The molecule has 18 heavy (non-hydrogen) atoms. The van der Waals surface area contributed by atoms with E-state index in [4.69, 9.17) is 11.6 Å². The molecule has 1 aromatic carbocycles. The summed E-state index contributed by atoms with van der Waals surface area (Å²) in [5, 5.41) is 0.834. The molecule has 100 valence electrons. The molecule has 0 aromatic heterocycles. The van der Waals surface area contributed by atoms with E-state index in [1.807, 2.05) is 12.1 Å². The Hall–Kier alpha value is 0.0396. The van der Waals surface area contributed by atoms with Crippen molar-refractivity contribution in [1.29, 1.82) is 0 Å². The van der Waals surface area contributed by atoms with Crippen LogP contribution >= 0.6 is 11.6 Å². The van der Waals surface area contributed by atoms with Gasteiger partial charge in [-0.25, -0.2) is 0 Å². The molecule has 0 aliphatic heterocycles. The molecule has 0 heterocycles. The number of halogens is 1. The number of hydrogen-bond donors (Lipinski definition) is 0. The molecule has 1 aromatic rings. The Balaban J connectivity index is 2.69. The van der Waals surface area contributed by atoms with E-state index in [1.54, 1.807) is 3.62 Å². The second kappa shape index (κ2) is 9.90. The van der Waals surface area contributed by atoms with Crippen LogP contribution < -0.4 is 0 Å². The predicted molar refractivity (Wildman–Crippen MR) is 84.4 cm³/mol. The van der Waals surface area contributed by atoms with Crippen LogP contribution in [0.25, 0.3) is 3.62 Å². The summed E-state index contributed by atoms with van der Waals surface area (Å²) in [5.74, 6) is 0. The van der Waals surface area contributed by atoms with Gasteiger partial charge in [-0.05, 0) is 0 Å². The Labute approximate surface area is 127 Å². The Morgan fingerprint density at radius 3 is 2.39 bits per heavy atom. The molecular formula is C16H23ClTe. The summed E-state index contributed by atoms with van der Waals surface area (Å²) < 4.78 is 3.04. The van der Waals surface area contributed by atoms with E-state index in [-0.39, 0.29) is 20.9 Å². The number of rotatable bonds is 8. The summed E-state index contributed by atoms with van der Waals surface area (Å²) in [4.78, 5) is 0. The Morgan fingerprint density at radius 2 is 1.78 bits per heavy atom. The van der Waals surface area contributed by atoms with Crippen LogP contribution in [0.15, 0.2) is 30.3 Å². The molecule has 0 aliphatic carbocycles. The van der Waals surface area contributed by atoms with Gasteiger partial charge in [0.15, 0.2) is 0 Å². The fourth-order valence-corrected chi connectivity index (χ4v) is 5.16. The molecular weight excluding hydrogens is 355 g/mol. The first-order valence-electron chi connectivity index (χ1n) is 6.86. The monoisotopic (exact) mass is 380 g/mol. The van der Waals surface area contributed by atoms with E-state index in [0.29, 0.717) is 0 Å². The maximum atomic E-state index is 5.96. The first-order valence-corrected chi connectivity index (χ1v) is 10.1. The first kappa shape index (κ1) is 16.1. The topological polar surface area (TPSA) is 0 Å². The number of allylic oxidation sites excluding steroid dienone is 1. The van der Waals surface area contributed by atoms with Crippen LogP contribution in [0.4, 0.5) is 0 Å². The van der Waals surface area contributed by atoms with Gasteiger partial charge in [-0.2, -0.15) is 0 Å². The molecule has 0 bridgehead atoms. The SMILES string of the molecule is CCCC/C=C(\[Te]CCCC)c1ccc(Cl)cc1. The van der Waals surface area contributed by atoms with Gasteiger partial charge in [0.2, 0.25) is 0 Å². The van der Waals surface area contributed by atoms with Crippen molar-refractivity contribution < 1.29 is 0 Å². The van der Waals surface area contributed by atoms with E-state index < -0.39 is 0 Å². The van der Waals surface area contributed by atoms with Crippen LogP contribution in [0.1, 0.15) is 51.5 Å². The standard InChI is InChI=1S/C16H23ClTe/c1-3-5-7-8-16(18-13-6-4-2)14-9-11-15(17)12-10-14/h8-12H,3-7,13H2,1-2H3/b16-8-. The van der Waals surface area contributed by atoms with Gasteiger partial charge in [0.05, 0.1) is 0 Å². The van der Waals surface area contributed by atoms with Gasteiger partial charge >= 0.3 is 127 Å². The van der Waals surface area contributed by atoms with Crippen molar-refractivity contribution in [3.63, 3.8) is 0 Å². The summed E-state index contributed by atoms with van der Waals surface area (Å²) >= 11 is 5.94. The molecule has 0 saturated heterocycles. The van der Waals surface area contributed by atoms with Gasteiger partial charge < -0.3 is 0 Å². The third kappa shape index (κ3) is 6.28. The van der Waals surface area contributed by atoms with Gasteiger partial charge in [-0.1, -0.05) is 0 Å². The summed E-state index contributed by atoms with van der Waals surface area (Å²) in [6.07, 6.45) is 8.97. The summed E-state index contributed by atoms with van der Waals surface area (Å²) in [7, 11) is 0. The van der Waals surface area contributed by atoms with Crippen molar-refractivity contribution in [3.05, 3.63) is 40.9 Å². The third-order valence-electron chi connectivity index (χ3n) is 2.77. The predicted octanol–water partition coefficient (Wildman–Crippen LogP) is 5.79. The number of unbranched alkanes of at least 4 members (excludes halogenated alkanes) is 3. The van der Waals surface area contributed by atoms with Crippen LogP contribution in [0.2, 0.25) is 9.49 Å². The van der Waals surface area contributed by atoms with E-state index in [1.165, 1.54) is 42.1 Å². The van der Waals surface area contributed by atoms with E-state index in [0.717, 1.165) is 5.02 Å². The van der Waals surface area contributed by atoms with Crippen molar-refractivity contribution in [2.24, 2.45) is 0 Å². The van der Waals surface area contributed by atoms with Crippen LogP contribution in [-0.4, -0.2) is 20.9 Å². The number of benzene rings is 1. The van der Waals surface area contributed by atoms with Crippen molar-refractivity contribution in [2.75, 3.05) is 0 Å². The summed E-state index contributed by atoms with van der Waals surface area (Å²) in [5.41, 5.74) is 1.40. The molecule has 0 fully saturated rings. The summed E-state index contributed by atoms with van der Waals surface area (Å²) in [6.45, 7) is 4.53. The molecule has 0 saturated carbocycles. The molecule has 0 radical (unpaired) electrons. The second-order valence-corrected chi connectivity index (χ2v) is 8.10. The van der Waals surface area contributed by atoms with Gasteiger partial charge in [0.1, 0.15) is 0 Å². The zero-order valence-corrected chi connectivity index (χ0v) is 14.5. The van der Waals surface area contributed by atoms with Crippen molar-refractivity contribution in [1.82, 2.24) is 0 Å². The average molecular weight is 378 g/mol. The Morgan fingerprint density at radius 1 is 1.11 bits per heavy atom. The molecule has 0 aliphatic rings. The average Bonchev–Trinajstić information content (AvgIpc) is 2.38. The van der Waals surface area contributed by atoms with E-state index >= 15 is 0 Å². The van der Waals surface area contributed by atoms with Crippen LogP contribution in [0.3, 0.4) is 0 Å². The minimum absolute atomic E-state index is 0.0230.